The van der Waals surface area contributed by atoms with E-state index < -0.39 is 0 Å². The van der Waals surface area contributed by atoms with Gasteiger partial charge in [-0.25, -0.2) is 4.39 Å². The van der Waals surface area contributed by atoms with E-state index >= 15 is 0 Å². The van der Waals surface area contributed by atoms with E-state index in [2.05, 4.69) is 21.6 Å². The summed E-state index contributed by atoms with van der Waals surface area (Å²) in [7, 11) is 0. The van der Waals surface area contributed by atoms with Crippen molar-refractivity contribution in [2.75, 3.05) is 13.1 Å². The van der Waals surface area contributed by atoms with E-state index in [4.69, 9.17) is 5.26 Å². The number of nitrogens with zero attached hydrogens (tertiary/aromatic N) is 2. The van der Waals surface area contributed by atoms with Crippen molar-refractivity contribution in [3.8, 4) is 6.07 Å². The molecule has 0 saturated carbocycles. The van der Waals surface area contributed by atoms with Gasteiger partial charge in [0.15, 0.2) is 0 Å². The normalized spacial score (nSPS) is 15.4. The van der Waals surface area contributed by atoms with Crippen LogP contribution in [0.4, 0.5) is 4.39 Å². The summed E-state index contributed by atoms with van der Waals surface area (Å²) in [5, 5.41) is 19.6. The standard InChI is InChI=1S/C13H11FN4/c14-10-4-3-8(6-15)12-11(10)13(18-17-12)9-2-1-5-16-7-9/h2-4,16H,1,5,7H2,(H,17,18). The first kappa shape index (κ1) is 10.9. The largest absolute Gasteiger partial charge is 0.312 e. The first-order valence-corrected chi connectivity index (χ1v) is 5.78. The molecular weight excluding hydrogens is 231 g/mol. The number of fused-ring (bicyclic) bond motifs is 1. The Bertz CT molecular complexity index is 678. The van der Waals surface area contributed by atoms with Crippen LogP contribution in [-0.4, -0.2) is 23.3 Å². The molecule has 2 heterocycles. The molecule has 1 aliphatic rings. The molecule has 0 saturated heterocycles. The Balaban J connectivity index is 2.26. The molecule has 5 heteroatoms. The highest BCUT2D eigenvalue weighted by molar-refractivity contribution is 5.94. The van der Waals surface area contributed by atoms with Gasteiger partial charge in [-0.2, -0.15) is 10.4 Å². The zero-order valence-electron chi connectivity index (χ0n) is 9.63. The summed E-state index contributed by atoms with van der Waals surface area (Å²) in [6.07, 6.45) is 2.97. The quantitative estimate of drug-likeness (QED) is 0.803. The number of rotatable bonds is 1. The van der Waals surface area contributed by atoms with Gasteiger partial charge in [0.1, 0.15) is 11.9 Å². The zero-order chi connectivity index (χ0) is 12.5. The lowest BCUT2D eigenvalue weighted by molar-refractivity contribution is 0.639. The van der Waals surface area contributed by atoms with Crippen LogP contribution in [0.5, 0.6) is 0 Å². The molecule has 4 nitrogen and oxygen atoms in total. The number of nitriles is 1. The average Bonchev–Trinajstić information content (AvgIpc) is 2.86. The summed E-state index contributed by atoms with van der Waals surface area (Å²) in [6.45, 7) is 1.61. The lowest BCUT2D eigenvalue weighted by atomic mass is 10.0. The molecule has 0 bridgehead atoms. The molecule has 1 aromatic carbocycles. The number of hydrogen-bond donors (Lipinski definition) is 2. The summed E-state index contributed by atoms with van der Waals surface area (Å²) in [5.41, 5.74) is 2.46. The zero-order valence-corrected chi connectivity index (χ0v) is 9.63. The van der Waals surface area contributed by atoms with Crippen molar-refractivity contribution >= 4 is 16.5 Å². The maximum atomic E-state index is 13.9. The van der Waals surface area contributed by atoms with Gasteiger partial charge in [0.25, 0.3) is 0 Å². The molecular formula is C13H11FN4. The van der Waals surface area contributed by atoms with Gasteiger partial charge in [-0.05, 0) is 30.7 Å². The van der Waals surface area contributed by atoms with Crippen molar-refractivity contribution in [3.63, 3.8) is 0 Å². The van der Waals surface area contributed by atoms with Crippen molar-refractivity contribution in [1.82, 2.24) is 15.5 Å². The molecule has 1 aromatic heterocycles. The van der Waals surface area contributed by atoms with Gasteiger partial charge in [0.2, 0.25) is 0 Å². The van der Waals surface area contributed by atoms with Gasteiger partial charge in [-0.15, -0.1) is 0 Å². The van der Waals surface area contributed by atoms with E-state index in [0.29, 0.717) is 28.7 Å². The van der Waals surface area contributed by atoms with Crippen LogP contribution in [0.2, 0.25) is 0 Å². The predicted octanol–water partition coefficient (Wildman–Crippen LogP) is 1.95. The highest BCUT2D eigenvalue weighted by Crippen LogP contribution is 2.28. The van der Waals surface area contributed by atoms with Gasteiger partial charge in [-0.3, -0.25) is 5.10 Å². The molecule has 0 fully saturated rings. The first-order valence-electron chi connectivity index (χ1n) is 5.78. The second-order valence-corrected chi connectivity index (χ2v) is 4.22. The Kier molecular flexibility index (Phi) is 2.58. The highest BCUT2D eigenvalue weighted by atomic mass is 19.1. The summed E-state index contributed by atoms with van der Waals surface area (Å²) < 4.78 is 13.9. The third-order valence-corrected chi connectivity index (χ3v) is 3.12. The highest BCUT2D eigenvalue weighted by Gasteiger charge is 2.17. The van der Waals surface area contributed by atoms with Crippen LogP contribution in [-0.2, 0) is 0 Å². The summed E-state index contributed by atoms with van der Waals surface area (Å²) in [6, 6.07) is 4.82. The number of aromatic nitrogens is 2. The number of nitrogens with one attached hydrogen (secondary N) is 2. The number of H-pyrrole nitrogens is 1. The number of benzene rings is 1. The Hall–Kier alpha value is -2.19. The molecule has 0 spiro atoms. The molecule has 1 aliphatic heterocycles. The van der Waals surface area contributed by atoms with Crippen LogP contribution >= 0.6 is 0 Å². The summed E-state index contributed by atoms with van der Waals surface area (Å²) in [5.74, 6) is -0.348. The van der Waals surface area contributed by atoms with Crippen LogP contribution in [0.3, 0.4) is 0 Å². The lowest BCUT2D eigenvalue weighted by Crippen LogP contribution is -2.21. The van der Waals surface area contributed by atoms with Gasteiger partial charge in [0.05, 0.1) is 22.2 Å². The molecule has 0 amide bonds. The third-order valence-electron chi connectivity index (χ3n) is 3.12. The molecule has 3 rings (SSSR count). The predicted molar refractivity (Wildman–Crippen MR) is 66.2 cm³/mol. The van der Waals surface area contributed by atoms with E-state index in [9.17, 15) is 4.39 Å². The van der Waals surface area contributed by atoms with Crippen molar-refractivity contribution in [1.29, 1.82) is 5.26 Å². The van der Waals surface area contributed by atoms with Crippen LogP contribution in [0.15, 0.2) is 18.2 Å². The van der Waals surface area contributed by atoms with Crippen LogP contribution in [0, 0.1) is 17.1 Å². The van der Waals surface area contributed by atoms with Crippen LogP contribution < -0.4 is 5.32 Å². The fourth-order valence-electron chi connectivity index (χ4n) is 2.24. The lowest BCUT2D eigenvalue weighted by Gasteiger charge is -2.12. The molecule has 90 valence electrons. The fourth-order valence-corrected chi connectivity index (χ4v) is 2.24. The maximum absolute atomic E-state index is 13.9. The molecule has 18 heavy (non-hydrogen) atoms. The van der Waals surface area contributed by atoms with Crippen LogP contribution in [0.1, 0.15) is 17.7 Å². The van der Waals surface area contributed by atoms with Gasteiger partial charge < -0.3 is 5.32 Å². The Morgan fingerprint density at radius 2 is 2.28 bits per heavy atom. The topological polar surface area (TPSA) is 64.5 Å². The fraction of sp³-hybridized carbons (Fsp3) is 0.231. The molecule has 0 unspecified atom stereocenters. The Labute approximate surface area is 103 Å². The molecule has 0 atom stereocenters. The van der Waals surface area contributed by atoms with Crippen LogP contribution in [0.25, 0.3) is 16.5 Å². The Morgan fingerprint density at radius 3 is 3.00 bits per heavy atom. The van der Waals surface area contributed by atoms with Gasteiger partial charge >= 0.3 is 0 Å². The summed E-state index contributed by atoms with van der Waals surface area (Å²) >= 11 is 0. The number of halogens is 1. The van der Waals surface area contributed by atoms with Crippen molar-refractivity contribution in [2.24, 2.45) is 0 Å². The number of aromatic amines is 1. The molecule has 2 N–H and O–H groups in total. The van der Waals surface area contributed by atoms with Gasteiger partial charge in [0, 0.05) is 6.54 Å². The van der Waals surface area contributed by atoms with Gasteiger partial charge in [-0.1, -0.05) is 6.08 Å². The van der Waals surface area contributed by atoms with E-state index in [-0.39, 0.29) is 5.82 Å². The average molecular weight is 242 g/mol. The second-order valence-electron chi connectivity index (χ2n) is 4.22. The number of hydrogen-bond acceptors (Lipinski definition) is 3. The van der Waals surface area contributed by atoms with Crippen molar-refractivity contribution in [3.05, 3.63) is 35.3 Å². The maximum Gasteiger partial charge on any atom is 0.134 e. The van der Waals surface area contributed by atoms with E-state index in [1.807, 2.05) is 6.07 Å². The second kappa shape index (κ2) is 4.24. The minimum absolute atomic E-state index is 0.348. The Morgan fingerprint density at radius 1 is 1.39 bits per heavy atom. The van der Waals surface area contributed by atoms with E-state index in [0.717, 1.165) is 18.5 Å². The minimum atomic E-state index is -0.348. The molecule has 2 aromatic rings. The monoisotopic (exact) mass is 242 g/mol. The van der Waals surface area contributed by atoms with Crippen molar-refractivity contribution in [2.45, 2.75) is 6.42 Å². The molecule has 0 radical (unpaired) electrons. The van der Waals surface area contributed by atoms with Crippen molar-refractivity contribution < 1.29 is 4.39 Å². The minimum Gasteiger partial charge on any atom is -0.312 e. The SMILES string of the molecule is N#Cc1ccc(F)c2c(C3=CCCNC3)n[nH]c12. The summed E-state index contributed by atoms with van der Waals surface area (Å²) in [4.78, 5) is 0. The van der Waals surface area contributed by atoms with E-state index in [1.54, 1.807) is 0 Å². The van der Waals surface area contributed by atoms with E-state index in [1.165, 1.54) is 12.1 Å². The third kappa shape index (κ3) is 1.59. The first-order chi connectivity index (χ1) is 8.81. The smallest absolute Gasteiger partial charge is 0.134 e. The molecule has 0 aliphatic carbocycles.